The number of rotatable bonds is 6. The fourth-order valence-corrected chi connectivity index (χ4v) is 3.96. The molecule has 142 valence electrons. The van der Waals surface area contributed by atoms with Gasteiger partial charge in [-0.1, -0.05) is 47.2 Å². The zero-order valence-electron chi connectivity index (χ0n) is 15.1. The van der Waals surface area contributed by atoms with Crippen LogP contribution in [-0.2, 0) is 6.42 Å². The summed E-state index contributed by atoms with van der Waals surface area (Å²) in [6, 6.07) is 15.9. The van der Waals surface area contributed by atoms with Crippen LogP contribution in [0.1, 0.15) is 5.56 Å². The lowest BCUT2D eigenvalue weighted by molar-refractivity contribution is 0.699. The van der Waals surface area contributed by atoms with Crippen molar-refractivity contribution in [2.45, 2.75) is 12.5 Å². The van der Waals surface area contributed by atoms with Gasteiger partial charge in [0.1, 0.15) is 5.82 Å². The van der Waals surface area contributed by atoms with Crippen molar-refractivity contribution in [3.05, 3.63) is 71.5 Å². The number of halogens is 1. The van der Waals surface area contributed by atoms with Crippen molar-refractivity contribution in [2.24, 2.45) is 5.73 Å². The number of nitrogens with one attached hydrogen (secondary N) is 1. The summed E-state index contributed by atoms with van der Waals surface area (Å²) >= 11 is 7.53. The lowest BCUT2D eigenvalue weighted by Gasteiger charge is -2.12. The van der Waals surface area contributed by atoms with Gasteiger partial charge in [0.2, 0.25) is 0 Å². The molecule has 2 aromatic heterocycles. The minimum Gasteiger partial charge on any atom is -0.384 e. The molecule has 28 heavy (non-hydrogen) atoms. The standard InChI is InChI=1S/C21H20ClN5S/c22-17-5-1-13(2-6-17)7-18(23)11-26-21-27-12-19(28-21)14-3-4-15-10-25-20(24)9-16(15)8-14/h1-6,8-10,12,18H,7,11,23H2,(H2,24,25)(H,26,27). The highest BCUT2D eigenvalue weighted by Gasteiger charge is 2.09. The number of fused-ring (bicyclic) bond motifs is 1. The third-order valence-corrected chi connectivity index (χ3v) is 5.72. The lowest BCUT2D eigenvalue weighted by Crippen LogP contribution is -2.31. The van der Waals surface area contributed by atoms with Gasteiger partial charge in [-0.05, 0) is 47.2 Å². The van der Waals surface area contributed by atoms with E-state index < -0.39 is 0 Å². The van der Waals surface area contributed by atoms with Crippen LogP contribution in [0.15, 0.2) is 60.9 Å². The molecule has 2 heterocycles. The Morgan fingerprint density at radius 2 is 1.82 bits per heavy atom. The molecule has 5 N–H and O–H groups in total. The maximum Gasteiger partial charge on any atom is 0.183 e. The molecule has 1 unspecified atom stereocenters. The number of thiazole rings is 1. The summed E-state index contributed by atoms with van der Waals surface area (Å²) in [4.78, 5) is 9.70. The molecule has 0 spiro atoms. The molecule has 2 aromatic carbocycles. The highest BCUT2D eigenvalue weighted by atomic mass is 35.5. The first-order valence-corrected chi connectivity index (χ1v) is 10.1. The quantitative estimate of drug-likeness (QED) is 0.433. The van der Waals surface area contributed by atoms with Crippen molar-refractivity contribution in [2.75, 3.05) is 17.6 Å². The van der Waals surface area contributed by atoms with E-state index in [-0.39, 0.29) is 6.04 Å². The molecule has 0 saturated heterocycles. The topological polar surface area (TPSA) is 89.8 Å². The Morgan fingerprint density at radius 3 is 2.64 bits per heavy atom. The van der Waals surface area contributed by atoms with Crippen LogP contribution in [0.2, 0.25) is 5.02 Å². The molecule has 5 nitrogen and oxygen atoms in total. The Labute approximate surface area is 172 Å². The first-order valence-electron chi connectivity index (χ1n) is 8.92. The van der Waals surface area contributed by atoms with E-state index in [1.807, 2.05) is 42.6 Å². The molecule has 4 aromatic rings. The molecule has 4 rings (SSSR count). The average Bonchev–Trinajstić information content (AvgIpc) is 3.17. The lowest BCUT2D eigenvalue weighted by atomic mass is 10.1. The second-order valence-electron chi connectivity index (χ2n) is 6.67. The van der Waals surface area contributed by atoms with E-state index in [0.717, 1.165) is 37.8 Å². The third kappa shape index (κ3) is 4.42. The van der Waals surface area contributed by atoms with Crippen molar-refractivity contribution >= 4 is 44.7 Å². The number of nitrogens with zero attached hydrogens (tertiary/aromatic N) is 2. The Morgan fingerprint density at radius 1 is 1.00 bits per heavy atom. The molecule has 1 atom stereocenters. The van der Waals surface area contributed by atoms with Crippen LogP contribution in [0, 0.1) is 0 Å². The van der Waals surface area contributed by atoms with Crippen LogP contribution in [0.25, 0.3) is 21.2 Å². The van der Waals surface area contributed by atoms with Gasteiger partial charge in [-0.25, -0.2) is 9.97 Å². The van der Waals surface area contributed by atoms with Gasteiger partial charge >= 0.3 is 0 Å². The minimum atomic E-state index is -0.00957. The smallest absolute Gasteiger partial charge is 0.183 e. The number of anilines is 2. The van der Waals surface area contributed by atoms with E-state index in [1.54, 1.807) is 17.5 Å². The second kappa shape index (κ2) is 8.14. The SMILES string of the molecule is Nc1cc2cc(-c3cnc(NCC(N)Cc4ccc(Cl)cc4)s3)ccc2cn1. The zero-order chi connectivity index (χ0) is 19.5. The maximum absolute atomic E-state index is 6.25. The Kier molecular flexibility index (Phi) is 5.43. The van der Waals surface area contributed by atoms with E-state index in [0.29, 0.717) is 12.4 Å². The predicted molar refractivity (Wildman–Crippen MR) is 119 cm³/mol. The number of pyridine rings is 1. The van der Waals surface area contributed by atoms with Crippen LogP contribution in [-0.4, -0.2) is 22.6 Å². The highest BCUT2D eigenvalue weighted by molar-refractivity contribution is 7.18. The molecule has 0 saturated carbocycles. The van der Waals surface area contributed by atoms with Gasteiger partial charge < -0.3 is 16.8 Å². The Balaban J connectivity index is 1.40. The summed E-state index contributed by atoms with van der Waals surface area (Å²) in [6.07, 6.45) is 4.45. The average molecular weight is 410 g/mol. The second-order valence-corrected chi connectivity index (χ2v) is 8.14. The Hall–Kier alpha value is -2.67. The molecule has 0 bridgehead atoms. The summed E-state index contributed by atoms with van der Waals surface area (Å²) in [5.74, 6) is 0.519. The summed E-state index contributed by atoms with van der Waals surface area (Å²) < 4.78 is 0. The molecular formula is C21H20ClN5S. The van der Waals surface area contributed by atoms with E-state index in [2.05, 4.69) is 27.4 Å². The van der Waals surface area contributed by atoms with Crippen molar-refractivity contribution in [3.8, 4) is 10.4 Å². The zero-order valence-corrected chi connectivity index (χ0v) is 16.7. The number of nitrogens with two attached hydrogens (primary N) is 2. The van der Waals surface area contributed by atoms with Gasteiger partial charge in [-0.15, -0.1) is 0 Å². The number of aromatic nitrogens is 2. The third-order valence-electron chi connectivity index (χ3n) is 4.46. The number of nitrogen functional groups attached to an aromatic ring is 1. The minimum absolute atomic E-state index is 0.00957. The molecule has 0 fully saturated rings. The molecule has 0 amide bonds. The van der Waals surface area contributed by atoms with Crippen LogP contribution >= 0.6 is 22.9 Å². The van der Waals surface area contributed by atoms with Crippen molar-refractivity contribution in [1.82, 2.24) is 9.97 Å². The van der Waals surface area contributed by atoms with E-state index in [4.69, 9.17) is 23.1 Å². The van der Waals surface area contributed by atoms with E-state index in [1.165, 1.54) is 5.56 Å². The molecule has 0 aliphatic carbocycles. The van der Waals surface area contributed by atoms with Crippen LogP contribution in [0.3, 0.4) is 0 Å². The van der Waals surface area contributed by atoms with Crippen LogP contribution in [0.5, 0.6) is 0 Å². The number of hydrogen-bond donors (Lipinski definition) is 3. The normalized spacial score (nSPS) is 12.2. The van der Waals surface area contributed by atoms with Crippen molar-refractivity contribution in [3.63, 3.8) is 0 Å². The van der Waals surface area contributed by atoms with Crippen LogP contribution in [0.4, 0.5) is 10.9 Å². The summed E-state index contributed by atoms with van der Waals surface area (Å²) in [5, 5.41) is 7.06. The van der Waals surface area contributed by atoms with Crippen molar-refractivity contribution < 1.29 is 0 Å². The molecular weight excluding hydrogens is 390 g/mol. The molecule has 7 heteroatoms. The first-order chi connectivity index (χ1) is 13.6. The predicted octanol–water partition coefficient (Wildman–Crippen LogP) is 4.58. The number of benzene rings is 2. The molecule has 0 aliphatic rings. The van der Waals surface area contributed by atoms with Gasteiger partial charge in [0, 0.05) is 35.4 Å². The molecule has 0 aliphatic heterocycles. The van der Waals surface area contributed by atoms with Crippen LogP contribution < -0.4 is 16.8 Å². The van der Waals surface area contributed by atoms with Gasteiger partial charge in [0.15, 0.2) is 5.13 Å². The largest absolute Gasteiger partial charge is 0.384 e. The summed E-state index contributed by atoms with van der Waals surface area (Å²) in [5.41, 5.74) is 14.3. The highest BCUT2D eigenvalue weighted by Crippen LogP contribution is 2.31. The first kappa shape index (κ1) is 18.7. The fraction of sp³-hybridized carbons (Fsp3) is 0.143. The monoisotopic (exact) mass is 409 g/mol. The van der Waals surface area contributed by atoms with Gasteiger partial charge in [-0.2, -0.15) is 0 Å². The fourth-order valence-electron chi connectivity index (χ4n) is 3.01. The maximum atomic E-state index is 6.25. The summed E-state index contributed by atoms with van der Waals surface area (Å²) in [6.45, 7) is 0.648. The van der Waals surface area contributed by atoms with E-state index >= 15 is 0 Å². The summed E-state index contributed by atoms with van der Waals surface area (Å²) in [7, 11) is 0. The number of hydrogen-bond acceptors (Lipinski definition) is 6. The van der Waals surface area contributed by atoms with Crippen molar-refractivity contribution in [1.29, 1.82) is 0 Å². The molecule has 0 radical (unpaired) electrons. The Bertz CT molecular complexity index is 1090. The van der Waals surface area contributed by atoms with Gasteiger partial charge in [0.25, 0.3) is 0 Å². The van der Waals surface area contributed by atoms with Gasteiger partial charge in [-0.3, -0.25) is 0 Å². The van der Waals surface area contributed by atoms with Gasteiger partial charge in [0.05, 0.1) is 4.88 Å². The van der Waals surface area contributed by atoms with E-state index in [9.17, 15) is 0 Å².